The number of hydrogen-bond acceptors (Lipinski definition) is 3. The Morgan fingerprint density at radius 2 is 1.82 bits per heavy atom. The van der Waals surface area contributed by atoms with Gasteiger partial charge in [-0.3, -0.25) is 0 Å². The van der Waals surface area contributed by atoms with Crippen molar-refractivity contribution in [2.75, 3.05) is 6.26 Å². The number of hydrazone groups is 1. The predicted molar refractivity (Wildman–Crippen MR) is 69.5 cm³/mol. The molecule has 0 unspecified atom stereocenters. The van der Waals surface area contributed by atoms with Crippen LogP contribution in [0.3, 0.4) is 0 Å². The molecule has 0 fully saturated rings. The van der Waals surface area contributed by atoms with E-state index in [0.29, 0.717) is 0 Å². The van der Waals surface area contributed by atoms with Crippen LogP contribution in [0.2, 0.25) is 0 Å². The molecule has 0 heterocycles. The summed E-state index contributed by atoms with van der Waals surface area (Å²) in [6, 6.07) is 13.7. The third-order valence-corrected chi connectivity index (χ3v) is 2.64. The number of benzene rings is 2. The number of rotatable bonds is 3. The van der Waals surface area contributed by atoms with Gasteiger partial charge in [-0.1, -0.05) is 36.4 Å². The second kappa shape index (κ2) is 4.55. The van der Waals surface area contributed by atoms with Crippen molar-refractivity contribution in [3.8, 4) is 0 Å². The fourth-order valence-corrected chi connectivity index (χ4v) is 1.73. The molecular formula is C12H12N2O2S. The van der Waals surface area contributed by atoms with E-state index in [9.17, 15) is 8.42 Å². The van der Waals surface area contributed by atoms with Gasteiger partial charge < -0.3 is 0 Å². The average molecular weight is 248 g/mol. The second-order valence-corrected chi connectivity index (χ2v) is 5.46. The van der Waals surface area contributed by atoms with Crippen LogP contribution in [0.25, 0.3) is 10.8 Å². The Morgan fingerprint density at radius 3 is 2.53 bits per heavy atom. The van der Waals surface area contributed by atoms with Crippen LogP contribution in [0.5, 0.6) is 0 Å². The topological polar surface area (TPSA) is 58.5 Å². The summed E-state index contributed by atoms with van der Waals surface area (Å²) >= 11 is 0. The van der Waals surface area contributed by atoms with Crippen LogP contribution in [0.1, 0.15) is 5.56 Å². The zero-order valence-corrected chi connectivity index (χ0v) is 10.1. The van der Waals surface area contributed by atoms with E-state index < -0.39 is 10.0 Å². The van der Waals surface area contributed by atoms with Crippen molar-refractivity contribution >= 4 is 27.0 Å². The molecule has 88 valence electrons. The highest BCUT2D eigenvalue weighted by atomic mass is 32.2. The lowest BCUT2D eigenvalue weighted by Gasteiger charge is -1.99. The van der Waals surface area contributed by atoms with Crippen LogP contribution in [-0.4, -0.2) is 20.9 Å². The average Bonchev–Trinajstić information content (AvgIpc) is 2.27. The van der Waals surface area contributed by atoms with Crippen molar-refractivity contribution in [3.63, 3.8) is 0 Å². The lowest BCUT2D eigenvalue weighted by Crippen LogP contribution is -2.15. The molecule has 0 radical (unpaired) electrons. The minimum absolute atomic E-state index is 0.847. The molecule has 0 amide bonds. The van der Waals surface area contributed by atoms with E-state index in [4.69, 9.17) is 0 Å². The van der Waals surface area contributed by atoms with E-state index in [0.717, 1.165) is 22.6 Å². The van der Waals surface area contributed by atoms with Gasteiger partial charge in [-0.2, -0.15) is 5.10 Å². The second-order valence-electron chi connectivity index (χ2n) is 3.73. The van der Waals surface area contributed by atoms with Gasteiger partial charge in [0.25, 0.3) is 0 Å². The summed E-state index contributed by atoms with van der Waals surface area (Å²) in [5, 5.41) is 5.89. The van der Waals surface area contributed by atoms with Gasteiger partial charge in [-0.15, -0.1) is 0 Å². The quantitative estimate of drug-likeness (QED) is 0.664. The minimum atomic E-state index is -3.28. The Bertz CT molecular complexity index is 663. The fourth-order valence-electron chi connectivity index (χ4n) is 1.48. The summed E-state index contributed by atoms with van der Waals surface area (Å²) in [6.45, 7) is 0. The summed E-state index contributed by atoms with van der Waals surface area (Å²) in [5.41, 5.74) is 0.847. The van der Waals surface area contributed by atoms with Crippen molar-refractivity contribution < 1.29 is 8.42 Å². The molecular weight excluding hydrogens is 236 g/mol. The molecule has 2 aromatic carbocycles. The summed E-state index contributed by atoms with van der Waals surface area (Å²) in [6.07, 6.45) is 2.54. The smallest absolute Gasteiger partial charge is 0.206 e. The number of sulfonamides is 1. The zero-order valence-electron chi connectivity index (χ0n) is 9.29. The third-order valence-electron chi connectivity index (χ3n) is 2.21. The number of hydrogen-bond donors (Lipinski definition) is 1. The highest BCUT2D eigenvalue weighted by Gasteiger charge is 1.96. The standard InChI is InChI=1S/C12H12N2O2S/c1-17(15,16)14-13-9-10-6-7-11-4-2-3-5-12(11)8-10/h2-9,14H,1H3/b13-9-. The fraction of sp³-hybridized carbons (Fsp3) is 0.0833. The van der Waals surface area contributed by atoms with Crippen molar-refractivity contribution in [2.45, 2.75) is 0 Å². The lowest BCUT2D eigenvalue weighted by molar-refractivity contribution is 0.591. The first-order chi connectivity index (χ1) is 8.04. The van der Waals surface area contributed by atoms with E-state index in [2.05, 4.69) is 9.93 Å². The van der Waals surface area contributed by atoms with Crippen LogP contribution >= 0.6 is 0 Å². The molecule has 0 aliphatic rings. The Hall–Kier alpha value is -1.88. The van der Waals surface area contributed by atoms with E-state index in [1.54, 1.807) is 0 Å². The molecule has 0 aromatic heterocycles. The van der Waals surface area contributed by atoms with Gasteiger partial charge in [-0.05, 0) is 22.4 Å². The Kier molecular flexibility index (Phi) is 3.10. The summed E-state index contributed by atoms with van der Waals surface area (Å²) in [4.78, 5) is 2.06. The van der Waals surface area contributed by atoms with Crippen LogP contribution < -0.4 is 4.83 Å². The van der Waals surface area contributed by atoms with Crippen LogP contribution in [0.4, 0.5) is 0 Å². The van der Waals surface area contributed by atoms with Gasteiger partial charge in [0.15, 0.2) is 0 Å². The van der Waals surface area contributed by atoms with Gasteiger partial charge in [0, 0.05) is 0 Å². The van der Waals surface area contributed by atoms with Crippen molar-refractivity contribution in [1.29, 1.82) is 0 Å². The Labute approximate surface area is 100 Å². The molecule has 4 nitrogen and oxygen atoms in total. The van der Waals surface area contributed by atoms with Crippen molar-refractivity contribution in [1.82, 2.24) is 4.83 Å². The molecule has 0 spiro atoms. The van der Waals surface area contributed by atoms with Crippen LogP contribution in [0.15, 0.2) is 47.6 Å². The molecule has 0 saturated heterocycles. The maximum absolute atomic E-state index is 10.8. The normalized spacial score (nSPS) is 12.1. The van der Waals surface area contributed by atoms with Gasteiger partial charge in [-0.25, -0.2) is 13.2 Å². The maximum Gasteiger partial charge on any atom is 0.244 e. The molecule has 0 aliphatic heterocycles. The predicted octanol–water partition coefficient (Wildman–Crippen LogP) is 1.72. The molecule has 5 heteroatoms. The van der Waals surface area contributed by atoms with Gasteiger partial charge in [0.05, 0.1) is 12.5 Å². The monoisotopic (exact) mass is 248 g/mol. The number of nitrogens with one attached hydrogen (secondary N) is 1. The molecule has 2 rings (SSSR count). The first-order valence-electron chi connectivity index (χ1n) is 5.03. The van der Waals surface area contributed by atoms with Crippen molar-refractivity contribution in [3.05, 3.63) is 48.0 Å². The summed E-state index contributed by atoms with van der Waals surface area (Å²) in [5.74, 6) is 0. The van der Waals surface area contributed by atoms with E-state index in [-0.39, 0.29) is 0 Å². The maximum atomic E-state index is 10.8. The molecule has 2 aromatic rings. The molecule has 1 N–H and O–H groups in total. The molecule has 0 bridgehead atoms. The van der Waals surface area contributed by atoms with Gasteiger partial charge in [0.2, 0.25) is 10.0 Å². The molecule has 0 aliphatic carbocycles. The summed E-state index contributed by atoms with van der Waals surface area (Å²) < 4.78 is 21.6. The van der Waals surface area contributed by atoms with E-state index in [1.807, 2.05) is 42.5 Å². The lowest BCUT2D eigenvalue weighted by atomic mass is 10.1. The highest BCUT2D eigenvalue weighted by Crippen LogP contribution is 2.14. The Balaban J connectivity index is 2.25. The highest BCUT2D eigenvalue weighted by molar-refractivity contribution is 7.88. The van der Waals surface area contributed by atoms with Crippen molar-refractivity contribution in [2.24, 2.45) is 5.10 Å². The minimum Gasteiger partial charge on any atom is -0.206 e. The van der Waals surface area contributed by atoms with Gasteiger partial charge in [0.1, 0.15) is 0 Å². The Morgan fingerprint density at radius 1 is 1.12 bits per heavy atom. The van der Waals surface area contributed by atoms with E-state index in [1.165, 1.54) is 6.21 Å². The number of fused-ring (bicyclic) bond motifs is 1. The zero-order chi connectivity index (χ0) is 12.3. The van der Waals surface area contributed by atoms with Crippen LogP contribution in [-0.2, 0) is 10.0 Å². The largest absolute Gasteiger partial charge is 0.244 e. The summed E-state index contributed by atoms with van der Waals surface area (Å²) in [7, 11) is -3.28. The van der Waals surface area contributed by atoms with E-state index >= 15 is 0 Å². The molecule has 0 atom stereocenters. The SMILES string of the molecule is CS(=O)(=O)N/N=C\c1ccc2ccccc2c1. The molecule has 0 saturated carbocycles. The third kappa shape index (κ3) is 3.29. The first kappa shape index (κ1) is 11.6. The van der Waals surface area contributed by atoms with Crippen LogP contribution in [0, 0.1) is 0 Å². The number of nitrogens with zero attached hydrogens (tertiary/aromatic N) is 1. The molecule has 17 heavy (non-hydrogen) atoms. The first-order valence-corrected chi connectivity index (χ1v) is 6.92. The van der Waals surface area contributed by atoms with Gasteiger partial charge >= 0.3 is 0 Å².